The Bertz CT molecular complexity index is 725. The van der Waals surface area contributed by atoms with Crippen LogP contribution in [0, 0.1) is 3.57 Å². The molecule has 0 heterocycles. The van der Waals surface area contributed by atoms with Gasteiger partial charge in [-0.05, 0) is 52.4 Å². The second-order valence-electron chi connectivity index (χ2n) is 5.00. The molecule has 128 valence electrons. The van der Waals surface area contributed by atoms with Gasteiger partial charge in [-0.15, -0.1) is 0 Å². The quantitative estimate of drug-likeness (QED) is 0.625. The standard InChI is InChI=1S/C17H16F2INO3/c1-21(16(22)12-5-3-4-6-13(12)20)10-11-7-8-14(23-2)15(9-11)24-17(18)19/h3-9,17H,10H2,1-2H3. The third-order valence-corrected chi connectivity index (χ3v) is 4.26. The van der Waals surface area contributed by atoms with E-state index in [-0.39, 0.29) is 24.0 Å². The molecule has 2 aromatic rings. The number of nitrogens with zero attached hydrogens (tertiary/aromatic N) is 1. The lowest BCUT2D eigenvalue weighted by atomic mass is 10.1. The van der Waals surface area contributed by atoms with E-state index in [0.717, 1.165) is 3.57 Å². The van der Waals surface area contributed by atoms with E-state index in [0.29, 0.717) is 11.1 Å². The summed E-state index contributed by atoms with van der Waals surface area (Å²) in [4.78, 5) is 14.0. The number of carbonyl (C=O) groups is 1. The first-order valence-corrected chi connectivity index (χ1v) is 8.12. The van der Waals surface area contributed by atoms with Crippen LogP contribution in [0.4, 0.5) is 8.78 Å². The van der Waals surface area contributed by atoms with Gasteiger partial charge >= 0.3 is 6.61 Å². The fourth-order valence-corrected chi connectivity index (χ4v) is 2.81. The van der Waals surface area contributed by atoms with Crippen molar-refractivity contribution < 1.29 is 23.0 Å². The molecule has 0 saturated heterocycles. The summed E-state index contributed by atoms with van der Waals surface area (Å²) < 4.78 is 35.3. The van der Waals surface area contributed by atoms with E-state index in [4.69, 9.17) is 4.74 Å². The highest BCUT2D eigenvalue weighted by molar-refractivity contribution is 14.1. The van der Waals surface area contributed by atoms with Gasteiger partial charge in [0.15, 0.2) is 11.5 Å². The van der Waals surface area contributed by atoms with Gasteiger partial charge in [0.1, 0.15) is 0 Å². The third kappa shape index (κ3) is 4.56. The van der Waals surface area contributed by atoms with Crippen LogP contribution in [0.5, 0.6) is 11.5 Å². The van der Waals surface area contributed by atoms with Gasteiger partial charge in [0.05, 0.1) is 12.7 Å². The van der Waals surface area contributed by atoms with Gasteiger partial charge in [-0.3, -0.25) is 4.79 Å². The summed E-state index contributed by atoms with van der Waals surface area (Å²) in [7, 11) is 3.03. The van der Waals surface area contributed by atoms with Crippen LogP contribution in [0.2, 0.25) is 0 Å². The van der Waals surface area contributed by atoms with E-state index >= 15 is 0 Å². The van der Waals surface area contributed by atoms with Gasteiger partial charge < -0.3 is 14.4 Å². The number of methoxy groups -OCH3 is 1. The van der Waals surface area contributed by atoms with Crippen LogP contribution in [0.3, 0.4) is 0 Å². The van der Waals surface area contributed by atoms with Crippen molar-refractivity contribution in [2.45, 2.75) is 13.2 Å². The Labute approximate surface area is 152 Å². The number of ether oxygens (including phenoxy) is 2. The van der Waals surface area contributed by atoms with Gasteiger partial charge in [-0.1, -0.05) is 18.2 Å². The maximum Gasteiger partial charge on any atom is 0.387 e. The van der Waals surface area contributed by atoms with Gasteiger partial charge in [0.2, 0.25) is 0 Å². The average Bonchev–Trinajstić information content (AvgIpc) is 2.54. The van der Waals surface area contributed by atoms with E-state index in [1.54, 1.807) is 25.2 Å². The minimum Gasteiger partial charge on any atom is -0.493 e. The van der Waals surface area contributed by atoms with Crippen LogP contribution in [0.1, 0.15) is 15.9 Å². The number of hydrogen-bond donors (Lipinski definition) is 0. The number of carbonyl (C=O) groups excluding carboxylic acids is 1. The minimum absolute atomic E-state index is 0.0554. The van der Waals surface area contributed by atoms with Crippen LogP contribution >= 0.6 is 22.6 Å². The molecule has 0 aliphatic heterocycles. The number of benzene rings is 2. The van der Waals surface area contributed by atoms with Crippen LogP contribution < -0.4 is 9.47 Å². The van der Waals surface area contributed by atoms with Crippen molar-refractivity contribution in [3.63, 3.8) is 0 Å². The van der Waals surface area contributed by atoms with Crippen LogP contribution in [-0.4, -0.2) is 31.6 Å². The topological polar surface area (TPSA) is 38.8 Å². The summed E-state index contributed by atoms with van der Waals surface area (Å²) in [6, 6.07) is 11.9. The maximum atomic E-state index is 12.5. The van der Waals surface area contributed by atoms with Crippen molar-refractivity contribution in [3.8, 4) is 11.5 Å². The average molecular weight is 447 g/mol. The van der Waals surface area contributed by atoms with Crippen molar-refractivity contribution in [3.05, 3.63) is 57.2 Å². The van der Waals surface area contributed by atoms with E-state index < -0.39 is 6.61 Å². The molecule has 2 rings (SSSR count). The van der Waals surface area contributed by atoms with E-state index in [2.05, 4.69) is 27.3 Å². The molecular weight excluding hydrogens is 431 g/mol. The fourth-order valence-electron chi connectivity index (χ4n) is 2.19. The Kier molecular flexibility index (Phi) is 6.36. The normalized spacial score (nSPS) is 10.6. The largest absolute Gasteiger partial charge is 0.493 e. The van der Waals surface area contributed by atoms with E-state index in [1.165, 1.54) is 24.1 Å². The summed E-state index contributed by atoms with van der Waals surface area (Å²) in [6.07, 6.45) is 0. The van der Waals surface area contributed by atoms with Gasteiger partial charge in [0, 0.05) is 17.2 Å². The molecule has 0 atom stereocenters. The Morgan fingerprint density at radius 3 is 2.54 bits per heavy atom. The molecule has 0 saturated carbocycles. The highest BCUT2D eigenvalue weighted by Gasteiger charge is 2.16. The first-order valence-electron chi connectivity index (χ1n) is 7.04. The molecule has 0 bridgehead atoms. The molecule has 0 spiro atoms. The molecular formula is C17H16F2INO3. The predicted molar refractivity (Wildman–Crippen MR) is 94.6 cm³/mol. The van der Waals surface area contributed by atoms with Gasteiger partial charge in [0.25, 0.3) is 5.91 Å². The van der Waals surface area contributed by atoms with Gasteiger partial charge in [-0.25, -0.2) is 0 Å². The predicted octanol–water partition coefficient (Wildman–Crippen LogP) is 4.17. The number of amides is 1. The lowest BCUT2D eigenvalue weighted by Crippen LogP contribution is -2.26. The van der Waals surface area contributed by atoms with Crippen molar-refractivity contribution in [2.24, 2.45) is 0 Å². The molecule has 0 aliphatic rings. The maximum absolute atomic E-state index is 12.5. The third-order valence-electron chi connectivity index (χ3n) is 3.31. The van der Waals surface area contributed by atoms with Crippen molar-refractivity contribution in [1.82, 2.24) is 4.90 Å². The smallest absolute Gasteiger partial charge is 0.387 e. The Morgan fingerprint density at radius 2 is 1.92 bits per heavy atom. The highest BCUT2D eigenvalue weighted by Crippen LogP contribution is 2.30. The Balaban J connectivity index is 2.18. The zero-order valence-corrected chi connectivity index (χ0v) is 15.3. The SMILES string of the molecule is COc1ccc(CN(C)C(=O)c2ccccc2I)cc1OC(F)F. The zero-order valence-electron chi connectivity index (χ0n) is 13.1. The van der Waals surface area contributed by atoms with Crippen molar-refractivity contribution in [1.29, 1.82) is 0 Å². The summed E-state index contributed by atoms with van der Waals surface area (Å²) in [5.41, 5.74) is 1.26. The monoisotopic (exact) mass is 447 g/mol. The molecule has 4 nitrogen and oxygen atoms in total. The minimum atomic E-state index is -2.94. The second kappa shape index (κ2) is 8.27. The van der Waals surface area contributed by atoms with Gasteiger partial charge in [-0.2, -0.15) is 8.78 Å². The van der Waals surface area contributed by atoms with Crippen LogP contribution in [-0.2, 0) is 6.54 Å². The highest BCUT2D eigenvalue weighted by atomic mass is 127. The van der Waals surface area contributed by atoms with Crippen LogP contribution in [0.15, 0.2) is 42.5 Å². The number of alkyl halides is 2. The van der Waals surface area contributed by atoms with Crippen LogP contribution in [0.25, 0.3) is 0 Å². The summed E-state index contributed by atoms with van der Waals surface area (Å²) >= 11 is 2.10. The molecule has 2 aromatic carbocycles. The van der Waals surface area contributed by atoms with Crippen molar-refractivity contribution >= 4 is 28.5 Å². The lowest BCUT2D eigenvalue weighted by molar-refractivity contribution is -0.0512. The first-order chi connectivity index (χ1) is 11.4. The lowest BCUT2D eigenvalue weighted by Gasteiger charge is -2.19. The second-order valence-corrected chi connectivity index (χ2v) is 6.17. The fraction of sp³-hybridized carbons (Fsp3) is 0.235. The Morgan fingerprint density at radius 1 is 1.21 bits per heavy atom. The molecule has 0 aliphatic carbocycles. The van der Waals surface area contributed by atoms with E-state index in [9.17, 15) is 13.6 Å². The molecule has 0 radical (unpaired) electrons. The van der Waals surface area contributed by atoms with Crippen molar-refractivity contribution in [2.75, 3.05) is 14.2 Å². The van der Waals surface area contributed by atoms with E-state index in [1.807, 2.05) is 12.1 Å². The number of rotatable bonds is 6. The Hall–Kier alpha value is -1.90. The molecule has 24 heavy (non-hydrogen) atoms. The molecule has 0 fully saturated rings. The molecule has 7 heteroatoms. The zero-order chi connectivity index (χ0) is 17.7. The molecule has 0 unspecified atom stereocenters. The molecule has 1 amide bonds. The number of halogens is 3. The molecule has 0 N–H and O–H groups in total. The molecule has 0 aromatic heterocycles. The first kappa shape index (κ1) is 18.4. The summed E-state index contributed by atoms with van der Waals surface area (Å²) in [5, 5.41) is 0. The summed E-state index contributed by atoms with van der Waals surface area (Å²) in [5.74, 6) is 0.0120. The summed E-state index contributed by atoms with van der Waals surface area (Å²) in [6.45, 7) is -2.69. The number of hydrogen-bond acceptors (Lipinski definition) is 3.